The Morgan fingerprint density at radius 2 is 0.711 bits per heavy atom. The van der Waals surface area contributed by atoms with Crippen LogP contribution in [0.15, 0.2) is 146 Å². The third kappa shape index (κ3) is 59.1. The number of phosphoric ester groups is 1. The fraction of sp³-hybridized carbons (Fsp3) is 0.606. The summed E-state index contributed by atoms with van der Waals surface area (Å²) in [5.41, 5.74) is 0. The Balaban J connectivity index is 4.26. The number of esters is 2. The van der Waals surface area contributed by atoms with Crippen LogP contribution in [-0.4, -0.2) is 74.9 Å². The molecule has 10 heteroatoms. The molecule has 0 bridgehead atoms. The Hall–Kier alpha value is -4.11. The summed E-state index contributed by atoms with van der Waals surface area (Å²) in [6, 6.07) is 0. The highest BCUT2D eigenvalue weighted by Crippen LogP contribution is 2.43. The molecule has 1 N–H and O–H groups in total. The Labute approximate surface area is 465 Å². The van der Waals surface area contributed by atoms with Crippen LogP contribution in [0.25, 0.3) is 0 Å². The quantitative estimate of drug-likeness (QED) is 0.0211. The average molecular weight is 1080 g/mol. The second-order valence-corrected chi connectivity index (χ2v) is 21.7. The number of unbranched alkanes of at least 4 members (excludes halogenated alkanes) is 14. The summed E-state index contributed by atoms with van der Waals surface area (Å²) < 4.78 is 34.6. The SMILES string of the molecule is CC/C=C\C/C=C\C/C=C\C/C=C\C/C=C\C/C=C\C/C=C\CCCCCCCCCC(=O)OC(COC(=O)CCCCCCCCC/C=C\C/C=C\C/C=C\C/C=C\C/C=C\CC)COP(=O)(O)OCC[N+](C)(C)C. The first-order chi connectivity index (χ1) is 37.0. The molecule has 0 saturated carbocycles. The van der Waals surface area contributed by atoms with Gasteiger partial charge in [-0.15, -0.1) is 0 Å². The van der Waals surface area contributed by atoms with Gasteiger partial charge < -0.3 is 18.9 Å². The molecule has 0 aromatic carbocycles. The summed E-state index contributed by atoms with van der Waals surface area (Å²) >= 11 is 0. The number of carbonyl (C=O) groups excluding carboxylic acids is 2. The minimum Gasteiger partial charge on any atom is -0.462 e. The number of nitrogens with zero attached hydrogens (tertiary/aromatic N) is 1. The number of hydrogen-bond donors (Lipinski definition) is 1. The summed E-state index contributed by atoms with van der Waals surface area (Å²) in [6.07, 6.45) is 81.9. The monoisotopic (exact) mass is 1070 g/mol. The van der Waals surface area contributed by atoms with Gasteiger partial charge in [-0.25, -0.2) is 4.57 Å². The number of carbonyl (C=O) groups is 2. The zero-order valence-corrected chi connectivity index (χ0v) is 49.6. The molecule has 0 fully saturated rings. The van der Waals surface area contributed by atoms with E-state index in [9.17, 15) is 19.0 Å². The Bertz CT molecular complexity index is 1790. The normalized spacial score (nSPS) is 14.3. The number of rotatable bonds is 52. The van der Waals surface area contributed by atoms with Crippen LogP contribution in [0.4, 0.5) is 0 Å². The van der Waals surface area contributed by atoms with E-state index >= 15 is 0 Å². The van der Waals surface area contributed by atoms with Crippen molar-refractivity contribution in [3.05, 3.63) is 146 Å². The molecule has 0 aromatic heterocycles. The molecule has 2 unspecified atom stereocenters. The van der Waals surface area contributed by atoms with Crippen LogP contribution >= 0.6 is 7.82 Å². The topological polar surface area (TPSA) is 108 Å². The van der Waals surface area contributed by atoms with Crippen LogP contribution in [0.3, 0.4) is 0 Å². The number of allylic oxidation sites excluding steroid dienone is 24. The van der Waals surface area contributed by atoms with Crippen molar-refractivity contribution in [3.8, 4) is 0 Å². The lowest BCUT2D eigenvalue weighted by Gasteiger charge is -2.24. The van der Waals surface area contributed by atoms with E-state index in [0.717, 1.165) is 128 Å². The van der Waals surface area contributed by atoms with Crippen LogP contribution in [-0.2, 0) is 32.7 Å². The van der Waals surface area contributed by atoms with Crippen molar-refractivity contribution in [3.63, 3.8) is 0 Å². The number of quaternary nitrogens is 1. The molecule has 0 saturated heterocycles. The molecule has 0 spiro atoms. The summed E-state index contributed by atoms with van der Waals surface area (Å²) in [5.74, 6) is -0.835. The Morgan fingerprint density at radius 1 is 0.408 bits per heavy atom. The van der Waals surface area contributed by atoms with Crippen molar-refractivity contribution in [2.24, 2.45) is 0 Å². The second kappa shape index (κ2) is 55.6. The summed E-state index contributed by atoms with van der Waals surface area (Å²) in [7, 11) is 1.44. The maximum atomic E-state index is 12.8. The van der Waals surface area contributed by atoms with Gasteiger partial charge in [0.2, 0.25) is 0 Å². The van der Waals surface area contributed by atoms with Crippen molar-refractivity contribution < 1.29 is 42.1 Å². The fourth-order valence-corrected chi connectivity index (χ4v) is 8.12. The molecule has 76 heavy (non-hydrogen) atoms. The van der Waals surface area contributed by atoms with Crippen molar-refractivity contribution in [1.82, 2.24) is 0 Å². The lowest BCUT2D eigenvalue weighted by molar-refractivity contribution is -0.870. The van der Waals surface area contributed by atoms with Crippen LogP contribution in [0.1, 0.15) is 206 Å². The van der Waals surface area contributed by atoms with E-state index < -0.39 is 26.5 Å². The maximum Gasteiger partial charge on any atom is 0.472 e. The minimum absolute atomic E-state index is 0.0185. The van der Waals surface area contributed by atoms with Crippen molar-refractivity contribution in [2.45, 2.75) is 213 Å². The lowest BCUT2D eigenvalue weighted by Crippen LogP contribution is -2.37. The molecule has 9 nitrogen and oxygen atoms in total. The summed E-state index contributed by atoms with van der Waals surface area (Å²) in [6.45, 7) is 4.16. The van der Waals surface area contributed by atoms with Gasteiger partial charge in [-0.3, -0.25) is 18.6 Å². The Morgan fingerprint density at radius 3 is 1.05 bits per heavy atom. The van der Waals surface area contributed by atoms with Gasteiger partial charge in [0.25, 0.3) is 0 Å². The first-order valence-electron chi connectivity index (χ1n) is 29.6. The number of phosphoric acid groups is 1. The predicted molar refractivity (Wildman–Crippen MR) is 325 cm³/mol. The summed E-state index contributed by atoms with van der Waals surface area (Å²) in [4.78, 5) is 35.7. The standard InChI is InChI=1S/C66H108NO8P/c1-6-8-10-12-14-16-18-20-22-24-26-28-30-31-32-33-34-35-37-39-41-43-45-47-49-51-53-55-57-59-66(69)75-64(63-74-76(70,71)73-61-60-67(3,4)5)62-72-65(68)58-56-54-52-50-48-46-44-42-40-38-36-29-27-25-23-21-19-17-15-13-11-9-7-2/h8-11,14-17,20-23,26-29,31-32,34-35,38-41,64H,6-7,12-13,18-19,24-25,30,33,36-37,42-63H2,1-5H3/p+1/b10-8-,11-9-,16-14-,17-15-,22-20-,23-21-,28-26-,29-27-,32-31-,35-34-,40-38-,41-39-. The van der Waals surface area contributed by atoms with Gasteiger partial charge in [0.15, 0.2) is 6.10 Å². The zero-order chi connectivity index (χ0) is 55.6. The first-order valence-corrected chi connectivity index (χ1v) is 31.1. The van der Waals surface area contributed by atoms with E-state index in [4.69, 9.17) is 18.5 Å². The molecule has 0 rings (SSSR count). The molecule has 0 aliphatic heterocycles. The van der Waals surface area contributed by atoms with Gasteiger partial charge in [0.1, 0.15) is 19.8 Å². The van der Waals surface area contributed by atoms with Gasteiger partial charge in [-0.05, 0) is 116 Å². The van der Waals surface area contributed by atoms with Gasteiger partial charge >= 0.3 is 19.8 Å². The highest BCUT2D eigenvalue weighted by Gasteiger charge is 2.27. The predicted octanol–water partition coefficient (Wildman–Crippen LogP) is 18.7. The lowest BCUT2D eigenvalue weighted by atomic mass is 10.1. The van der Waals surface area contributed by atoms with E-state index in [-0.39, 0.29) is 32.0 Å². The highest BCUT2D eigenvalue weighted by atomic mass is 31.2. The molecule has 0 aromatic rings. The first kappa shape index (κ1) is 71.9. The van der Waals surface area contributed by atoms with E-state index in [1.807, 2.05) is 21.1 Å². The van der Waals surface area contributed by atoms with Crippen molar-refractivity contribution >= 4 is 19.8 Å². The van der Waals surface area contributed by atoms with Crippen LogP contribution in [0, 0.1) is 0 Å². The van der Waals surface area contributed by atoms with Crippen molar-refractivity contribution in [2.75, 3.05) is 47.5 Å². The smallest absolute Gasteiger partial charge is 0.462 e. The Kier molecular flexibility index (Phi) is 52.6. The van der Waals surface area contributed by atoms with E-state index in [2.05, 4.69) is 160 Å². The van der Waals surface area contributed by atoms with Gasteiger partial charge in [-0.2, -0.15) is 0 Å². The van der Waals surface area contributed by atoms with E-state index in [0.29, 0.717) is 23.9 Å². The molecule has 430 valence electrons. The number of ether oxygens (including phenoxy) is 2. The van der Waals surface area contributed by atoms with Gasteiger partial charge in [0, 0.05) is 12.8 Å². The van der Waals surface area contributed by atoms with Gasteiger partial charge in [-0.1, -0.05) is 224 Å². The number of hydrogen-bond acceptors (Lipinski definition) is 7. The molecule has 0 radical (unpaired) electrons. The molecular weight excluding hydrogens is 966 g/mol. The zero-order valence-electron chi connectivity index (χ0n) is 48.7. The third-order valence-electron chi connectivity index (χ3n) is 11.9. The molecule has 0 amide bonds. The van der Waals surface area contributed by atoms with Crippen LogP contribution < -0.4 is 0 Å². The summed E-state index contributed by atoms with van der Waals surface area (Å²) in [5, 5.41) is 0. The molecule has 0 heterocycles. The minimum atomic E-state index is -4.41. The molecular formula is C66H109NO8P+. The molecule has 2 atom stereocenters. The second-order valence-electron chi connectivity index (χ2n) is 20.3. The van der Waals surface area contributed by atoms with E-state index in [1.54, 1.807) is 0 Å². The number of likely N-dealkylation sites (N-methyl/N-ethyl adjacent to an activating group) is 1. The van der Waals surface area contributed by atoms with E-state index in [1.165, 1.54) is 38.5 Å². The average Bonchev–Trinajstić information content (AvgIpc) is 3.38. The molecule has 0 aliphatic rings. The maximum absolute atomic E-state index is 12.8. The van der Waals surface area contributed by atoms with Gasteiger partial charge in [0.05, 0.1) is 27.7 Å². The van der Waals surface area contributed by atoms with Crippen LogP contribution in [0.2, 0.25) is 0 Å². The largest absolute Gasteiger partial charge is 0.472 e. The fourth-order valence-electron chi connectivity index (χ4n) is 7.37. The molecule has 0 aliphatic carbocycles. The van der Waals surface area contributed by atoms with Crippen molar-refractivity contribution in [1.29, 1.82) is 0 Å². The van der Waals surface area contributed by atoms with Crippen LogP contribution in [0.5, 0.6) is 0 Å². The third-order valence-corrected chi connectivity index (χ3v) is 12.8. The highest BCUT2D eigenvalue weighted by molar-refractivity contribution is 7.47.